The van der Waals surface area contributed by atoms with Crippen molar-refractivity contribution in [3.63, 3.8) is 0 Å². The van der Waals surface area contributed by atoms with E-state index in [4.69, 9.17) is 4.42 Å². The maximum Gasteiger partial charge on any atom is 0.205 e. The van der Waals surface area contributed by atoms with Gasteiger partial charge in [0.1, 0.15) is 16.7 Å². The number of hydrogen-bond acceptors (Lipinski definition) is 6. The summed E-state index contributed by atoms with van der Waals surface area (Å²) in [5, 5.41) is 38.8. The van der Waals surface area contributed by atoms with Crippen molar-refractivity contribution < 1.29 is 24.8 Å². The molecule has 3 rings (SSSR count). The number of phenolic OH excluding ortho intramolecular Hbond substituents is 4. The number of rotatable bonds is 0. The molecule has 0 radical (unpaired) electrons. The summed E-state index contributed by atoms with van der Waals surface area (Å²) in [6.45, 7) is 3.41. The Hall–Kier alpha value is -2.89. The minimum absolute atomic E-state index is 0.0323. The van der Waals surface area contributed by atoms with Crippen LogP contribution in [-0.4, -0.2) is 20.4 Å². The van der Waals surface area contributed by atoms with Crippen LogP contribution in [0.3, 0.4) is 0 Å². The van der Waals surface area contributed by atoms with E-state index in [-0.39, 0.29) is 27.7 Å². The quantitative estimate of drug-likeness (QED) is 0.373. The molecule has 0 saturated heterocycles. The van der Waals surface area contributed by atoms with Crippen molar-refractivity contribution in [2.45, 2.75) is 13.8 Å². The van der Waals surface area contributed by atoms with Gasteiger partial charge in [-0.15, -0.1) is 0 Å². The Morgan fingerprint density at radius 3 is 2.29 bits per heavy atom. The lowest BCUT2D eigenvalue weighted by atomic mass is 10.0. The molecule has 21 heavy (non-hydrogen) atoms. The van der Waals surface area contributed by atoms with Crippen LogP contribution < -0.4 is 5.43 Å². The fourth-order valence-corrected chi connectivity index (χ4v) is 2.31. The van der Waals surface area contributed by atoms with Crippen LogP contribution in [0.25, 0.3) is 21.9 Å². The summed E-state index contributed by atoms with van der Waals surface area (Å²) in [5.74, 6) is -2.33. The lowest BCUT2D eigenvalue weighted by Gasteiger charge is -2.10. The molecule has 0 bridgehead atoms. The first-order chi connectivity index (χ1) is 9.82. The van der Waals surface area contributed by atoms with E-state index < -0.39 is 22.7 Å². The van der Waals surface area contributed by atoms with Gasteiger partial charge in [0.25, 0.3) is 0 Å². The predicted octanol–water partition coefficient (Wildman–Crippen LogP) is 2.39. The van der Waals surface area contributed by atoms with Gasteiger partial charge in [-0.1, -0.05) is 0 Å². The van der Waals surface area contributed by atoms with Gasteiger partial charge >= 0.3 is 0 Å². The van der Waals surface area contributed by atoms with E-state index in [0.29, 0.717) is 11.1 Å². The summed E-state index contributed by atoms with van der Waals surface area (Å²) in [6.07, 6.45) is 0. The summed E-state index contributed by atoms with van der Waals surface area (Å²) < 4.78 is 5.43. The van der Waals surface area contributed by atoms with Crippen LogP contribution in [0.4, 0.5) is 0 Å². The standard InChI is InChI=1S/C15H12O6/c1-5-3-9-10(11(17)6(5)2)12(18)7-4-8(16)13(19)14(20)15(7)21-9/h3-4,16-17,19-20H,1-2H3. The van der Waals surface area contributed by atoms with Gasteiger partial charge in [-0.05, 0) is 37.1 Å². The molecule has 0 aliphatic heterocycles. The lowest BCUT2D eigenvalue weighted by Crippen LogP contribution is -2.04. The minimum atomic E-state index is -0.766. The van der Waals surface area contributed by atoms with Crippen LogP contribution in [0.5, 0.6) is 23.0 Å². The molecular formula is C15H12O6. The zero-order valence-electron chi connectivity index (χ0n) is 11.3. The van der Waals surface area contributed by atoms with Gasteiger partial charge in [-0.25, -0.2) is 0 Å². The first-order valence-electron chi connectivity index (χ1n) is 6.16. The summed E-state index contributed by atoms with van der Waals surface area (Å²) in [4.78, 5) is 12.5. The second-order valence-corrected chi connectivity index (χ2v) is 4.94. The third-order valence-electron chi connectivity index (χ3n) is 3.67. The van der Waals surface area contributed by atoms with Gasteiger partial charge in [0, 0.05) is 0 Å². The predicted molar refractivity (Wildman–Crippen MR) is 76.1 cm³/mol. The van der Waals surface area contributed by atoms with E-state index in [9.17, 15) is 25.2 Å². The van der Waals surface area contributed by atoms with Crippen molar-refractivity contribution in [3.05, 3.63) is 33.5 Å². The third-order valence-corrected chi connectivity index (χ3v) is 3.67. The van der Waals surface area contributed by atoms with Crippen LogP contribution in [-0.2, 0) is 0 Å². The maximum atomic E-state index is 12.5. The molecule has 0 aliphatic rings. The number of aryl methyl sites for hydroxylation is 1. The van der Waals surface area contributed by atoms with Crippen molar-refractivity contribution in [3.8, 4) is 23.0 Å². The average Bonchev–Trinajstić information content (AvgIpc) is 2.44. The van der Waals surface area contributed by atoms with E-state index in [2.05, 4.69) is 0 Å². The molecule has 0 spiro atoms. The van der Waals surface area contributed by atoms with Gasteiger partial charge in [0.2, 0.25) is 16.9 Å². The number of fused-ring (bicyclic) bond motifs is 2. The zero-order valence-corrected chi connectivity index (χ0v) is 11.3. The summed E-state index contributed by atoms with van der Waals surface area (Å²) in [7, 11) is 0. The smallest absolute Gasteiger partial charge is 0.205 e. The van der Waals surface area contributed by atoms with Crippen molar-refractivity contribution in [2.75, 3.05) is 0 Å². The largest absolute Gasteiger partial charge is 0.507 e. The number of hydrogen-bond donors (Lipinski definition) is 4. The Kier molecular flexibility index (Phi) is 2.53. The Balaban J connectivity index is 2.66. The van der Waals surface area contributed by atoms with Crippen molar-refractivity contribution >= 4 is 21.9 Å². The first-order valence-corrected chi connectivity index (χ1v) is 6.16. The second kappa shape index (κ2) is 4.05. The van der Waals surface area contributed by atoms with Gasteiger partial charge < -0.3 is 24.8 Å². The Labute approximate surface area is 118 Å². The molecule has 0 unspecified atom stereocenters. The molecule has 4 N–H and O–H groups in total. The fraction of sp³-hybridized carbons (Fsp3) is 0.133. The van der Waals surface area contributed by atoms with Crippen LogP contribution >= 0.6 is 0 Å². The average molecular weight is 288 g/mol. The van der Waals surface area contributed by atoms with Crippen LogP contribution in [0.15, 0.2) is 21.3 Å². The summed E-state index contributed by atoms with van der Waals surface area (Å²) >= 11 is 0. The molecule has 3 aromatic rings. The molecule has 0 amide bonds. The minimum Gasteiger partial charge on any atom is -0.507 e. The highest BCUT2D eigenvalue weighted by atomic mass is 16.4. The fourth-order valence-electron chi connectivity index (χ4n) is 2.31. The van der Waals surface area contributed by atoms with Crippen molar-refractivity contribution in [1.29, 1.82) is 0 Å². The van der Waals surface area contributed by atoms with E-state index in [1.165, 1.54) is 0 Å². The van der Waals surface area contributed by atoms with Gasteiger partial charge in [-0.3, -0.25) is 4.79 Å². The Morgan fingerprint density at radius 2 is 1.62 bits per heavy atom. The molecule has 1 heterocycles. The SMILES string of the molecule is Cc1cc2oc3c(O)c(O)c(O)cc3c(=O)c2c(O)c1C. The summed E-state index contributed by atoms with van der Waals surface area (Å²) in [5.41, 5.74) is 0.503. The van der Waals surface area contributed by atoms with Gasteiger partial charge in [-0.2, -0.15) is 0 Å². The van der Waals surface area contributed by atoms with Crippen LogP contribution in [0.2, 0.25) is 0 Å². The topological polar surface area (TPSA) is 111 Å². The number of aromatic hydroxyl groups is 4. The third kappa shape index (κ3) is 1.62. The summed E-state index contributed by atoms with van der Waals surface area (Å²) in [6, 6.07) is 2.55. The lowest BCUT2D eigenvalue weighted by molar-refractivity contribution is 0.367. The molecule has 6 nitrogen and oxygen atoms in total. The van der Waals surface area contributed by atoms with Gasteiger partial charge in [0.05, 0.1) is 5.39 Å². The highest BCUT2D eigenvalue weighted by molar-refractivity contribution is 5.97. The molecule has 2 aromatic carbocycles. The Morgan fingerprint density at radius 1 is 0.952 bits per heavy atom. The first kappa shape index (κ1) is 13.1. The highest BCUT2D eigenvalue weighted by Gasteiger charge is 2.20. The van der Waals surface area contributed by atoms with E-state index in [1.54, 1.807) is 19.9 Å². The maximum absolute atomic E-state index is 12.5. The molecule has 6 heteroatoms. The van der Waals surface area contributed by atoms with E-state index in [1.807, 2.05) is 0 Å². The van der Waals surface area contributed by atoms with Crippen molar-refractivity contribution in [1.82, 2.24) is 0 Å². The van der Waals surface area contributed by atoms with Gasteiger partial charge in [0.15, 0.2) is 11.3 Å². The van der Waals surface area contributed by atoms with Crippen LogP contribution in [0, 0.1) is 13.8 Å². The molecular weight excluding hydrogens is 276 g/mol. The molecule has 0 saturated carbocycles. The molecule has 0 fully saturated rings. The zero-order chi connectivity index (χ0) is 15.5. The number of phenols is 4. The van der Waals surface area contributed by atoms with Crippen LogP contribution in [0.1, 0.15) is 11.1 Å². The van der Waals surface area contributed by atoms with E-state index >= 15 is 0 Å². The second-order valence-electron chi connectivity index (χ2n) is 4.94. The Bertz CT molecular complexity index is 968. The molecule has 0 aliphatic carbocycles. The molecule has 0 atom stereocenters. The van der Waals surface area contributed by atoms with Crippen molar-refractivity contribution in [2.24, 2.45) is 0 Å². The normalized spacial score (nSPS) is 11.3. The molecule has 108 valence electrons. The monoisotopic (exact) mass is 288 g/mol. The highest BCUT2D eigenvalue weighted by Crippen LogP contribution is 2.42. The number of benzene rings is 2. The molecule has 1 aromatic heterocycles. The van der Waals surface area contributed by atoms with E-state index in [0.717, 1.165) is 6.07 Å².